The number of H-pyrrole nitrogens is 1. The zero-order chi connectivity index (χ0) is 6.97. The molecule has 7 heteroatoms. The van der Waals surface area contributed by atoms with Gasteiger partial charge < -0.3 is 15.9 Å². The van der Waals surface area contributed by atoms with Crippen LogP contribution in [0.2, 0.25) is 0 Å². The van der Waals surface area contributed by atoms with Gasteiger partial charge in [0.15, 0.2) is 3.95 Å². The molecule has 0 aliphatic heterocycles. The van der Waals surface area contributed by atoms with Crippen molar-refractivity contribution in [2.24, 2.45) is 0 Å². The van der Waals surface area contributed by atoms with E-state index in [4.69, 9.17) is 12.2 Å². The summed E-state index contributed by atoms with van der Waals surface area (Å²) >= 11 is 6.59. The number of aromatic amines is 1. The van der Waals surface area contributed by atoms with Crippen molar-refractivity contribution in [3.8, 4) is 0 Å². The number of benzene rings is 1. The van der Waals surface area contributed by atoms with Crippen LogP contribution in [0.25, 0.3) is 10.2 Å². The maximum Gasteiger partial charge on any atom is 2.00 e. The third kappa shape index (κ3) is 4.35. The molecule has 2 aromatic rings. The maximum absolute atomic E-state index is 4.98. The average molecular weight is 330 g/mol. The Hall–Kier alpha value is 0.497. The van der Waals surface area contributed by atoms with E-state index in [0.717, 1.165) is 9.47 Å². The van der Waals surface area contributed by atoms with Gasteiger partial charge >= 0.3 is 39.0 Å². The van der Waals surface area contributed by atoms with Gasteiger partial charge in [-0.25, -0.2) is 0 Å². The number of hydrogen-bond acceptors (Lipinski definition) is 2. The summed E-state index contributed by atoms with van der Waals surface area (Å²) in [5.74, 6) is 0. The minimum Gasteiger partial charge on any atom is -2.00 e. The van der Waals surface area contributed by atoms with Gasteiger partial charge in [-0.2, -0.15) is 0 Å². The summed E-state index contributed by atoms with van der Waals surface area (Å²) in [6.07, 6.45) is 0. The average Bonchev–Trinajstić information content (AvgIpc) is 2.27. The van der Waals surface area contributed by atoms with Crippen LogP contribution < -0.4 is 0 Å². The first-order chi connectivity index (χ1) is 4.86. The Balaban J connectivity index is -0.000000302. The molecule has 0 aliphatic rings. The standard InChI is InChI=1S/C7H5NS2.2O.2Zn/c9-7-8-5-3-1-2-4-6(5)10-7;;;;/h1-4H,(H,8,9);;;;/q;2*-2;2*+2. The largest absolute Gasteiger partial charge is 2.00 e. The van der Waals surface area contributed by atoms with Crippen LogP contribution in [-0.2, 0) is 49.9 Å². The second kappa shape index (κ2) is 8.78. The predicted octanol–water partition coefficient (Wildman–Crippen LogP) is 2.72. The summed E-state index contributed by atoms with van der Waals surface area (Å²) in [6.45, 7) is 0. The third-order valence-electron chi connectivity index (χ3n) is 1.33. The molecule has 0 aliphatic carbocycles. The molecule has 0 amide bonds. The minimum absolute atomic E-state index is 0. The smallest absolute Gasteiger partial charge is 2.00 e. The Morgan fingerprint density at radius 1 is 1.07 bits per heavy atom. The van der Waals surface area contributed by atoms with Gasteiger partial charge in [-0.1, -0.05) is 12.1 Å². The SMILES string of the molecule is S=c1[nH]c2ccccc2s1.[O-2].[O-2].[Zn+2].[Zn+2]. The van der Waals surface area contributed by atoms with Gasteiger partial charge in [-0.05, 0) is 24.4 Å². The monoisotopic (exact) mass is 327 g/mol. The van der Waals surface area contributed by atoms with Crippen molar-refractivity contribution in [3.05, 3.63) is 28.2 Å². The Bertz CT molecular complexity index is 379. The van der Waals surface area contributed by atoms with Crippen molar-refractivity contribution in [1.82, 2.24) is 4.98 Å². The molecule has 14 heavy (non-hydrogen) atoms. The van der Waals surface area contributed by atoms with Crippen molar-refractivity contribution in [1.29, 1.82) is 0 Å². The van der Waals surface area contributed by atoms with E-state index in [2.05, 4.69) is 11.1 Å². The van der Waals surface area contributed by atoms with Crippen LogP contribution in [0.4, 0.5) is 0 Å². The molecule has 0 saturated heterocycles. The van der Waals surface area contributed by atoms with Gasteiger partial charge in [0.25, 0.3) is 0 Å². The second-order valence-electron chi connectivity index (χ2n) is 2.01. The number of aromatic nitrogens is 1. The van der Waals surface area contributed by atoms with Crippen LogP contribution in [0, 0.1) is 3.95 Å². The number of rotatable bonds is 0. The van der Waals surface area contributed by atoms with E-state index in [1.54, 1.807) is 11.3 Å². The summed E-state index contributed by atoms with van der Waals surface area (Å²) in [4.78, 5) is 3.09. The van der Waals surface area contributed by atoms with E-state index in [-0.39, 0.29) is 49.9 Å². The van der Waals surface area contributed by atoms with Crippen molar-refractivity contribution in [2.45, 2.75) is 0 Å². The van der Waals surface area contributed by atoms with Crippen LogP contribution in [0.5, 0.6) is 0 Å². The third-order valence-corrected chi connectivity index (χ3v) is 2.54. The quantitative estimate of drug-likeness (QED) is 0.585. The Morgan fingerprint density at radius 3 is 2.21 bits per heavy atom. The van der Waals surface area contributed by atoms with Gasteiger partial charge in [0.2, 0.25) is 0 Å². The van der Waals surface area contributed by atoms with E-state index >= 15 is 0 Å². The zero-order valence-corrected chi connectivity index (χ0v) is 14.9. The molecule has 0 bridgehead atoms. The molecular formula is C7H5NO2S2Zn2. The molecule has 0 saturated carbocycles. The normalized spacial score (nSPS) is 7.43. The van der Waals surface area contributed by atoms with Crippen LogP contribution in [0.3, 0.4) is 0 Å². The summed E-state index contributed by atoms with van der Waals surface area (Å²) in [5, 5.41) is 0. The Labute approximate surface area is 116 Å². The second-order valence-corrected chi connectivity index (χ2v) is 3.73. The molecule has 0 atom stereocenters. The first-order valence-electron chi connectivity index (χ1n) is 2.94. The van der Waals surface area contributed by atoms with Crippen molar-refractivity contribution in [2.75, 3.05) is 0 Å². The van der Waals surface area contributed by atoms with Crippen LogP contribution in [-0.4, -0.2) is 4.98 Å². The van der Waals surface area contributed by atoms with Gasteiger partial charge in [-0.3, -0.25) is 0 Å². The number of nitrogens with one attached hydrogen (secondary N) is 1. The predicted molar refractivity (Wildman–Crippen MR) is 48.4 cm³/mol. The summed E-state index contributed by atoms with van der Waals surface area (Å²) < 4.78 is 2.08. The molecule has 2 rings (SSSR count). The molecule has 1 heterocycles. The molecule has 1 N–H and O–H groups in total. The molecule has 1 aromatic carbocycles. The number of para-hydroxylation sites is 1. The zero-order valence-electron chi connectivity index (χ0n) is 7.36. The topological polar surface area (TPSA) is 72.8 Å². The molecule has 1 aromatic heterocycles. The van der Waals surface area contributed by atoms with Gasteiger partial charge in [0, 0.05) is 0 Å². The molecule has 0 unspecified atom stereocenters. The van der Waals surface area contributed by atoms with E-state index in [1.165, 1.54) is 4.70 Å². The molecule has 0 spiro atoms. The van der Waals surface area contributed by atoms with Crippen molar-refractivity contribution < 1.29 is 49.9 Å². The fourth-order valence-electron chi connectivity index (χ4n) is 0.894. The molecule has 66 valence electrons. The van der Waals surface area contributed by atoms with E-state index in [1.807, 2.05) is 18.2 Å². The van der Waals surface area contributed by atoms with Crippen LogP contribution in [0.15, 0.2) is 24.3 Å². The Kier molecular flexibility index (Phi) is 12.5. The summed E-state index contributed by atoms with van der Waals surface area (Å²) in [5.41, 5.74) is 1.14. The minimum atomic E-state index is 0. The first kappa shape index (κ1) is 20.0. The van der Waals surface area contributed by atoms with Crippen LogP contribution in [0.1, 0.15) is 0 Å². The fourth-order valence-corrected chi connectivity index (χ4v) is 2.01. The maximum atomic E-state index is 4.98. The molecular weight excluding hydrogens is 325 g/mol. The van der Waals surface area contributed by atoms with Gasteiger partial charge in [-0.15, -0.1) is 11.3 Å². The number of thiazole rings is 1. The molecule has 0 fully saturated rings. The van der Waals surface area contributed by atoms with Crippen molar-refractivity contribution >= 4 is 33.8 Å². The summed E-state index contributed by atoms with van der Waals surface area (Å²) in [7, 11) is 0. The fraction of sp³-hybridized carbons (Fsp3) is 0. The van der Waals surface area contributed by atoms with E-state index in [9.17, 15) is 0 Å². The van der Waals surface area contributed by atoms with E-state index < -0.39 is 0 Å². The summed E-state index contributed by atoms with van der Waals surface area (Å²) in [6, 6.07) is 8.11. The first-order valence-corrected chi connectivity index (χ1v) is 4.16. The van der Waals surface area contributed by atoms with Gasteiger partial charge in [0.1, 0.15) is 0 Å². The van der Waals surface area contributed by atoms with E-state index in [0.29, 0.717) is 0 Å². The van der Waals surface area contributed by atoms with Crippen LogP contribution >= 0.6 is 23.6 Å². The number of fused-ring (bicyclic) bond motifs is 1. The molecule has 0 radical (unpaired) electrons. The van der Waals surface area contributed by atoms with Crippen molar-refractivity contribution in [3.63, 3.8) is 0 Å². The number of hydrogen-bond donors (Lipinski definition) is 1. The van der Waals surface area contributed by atoms with Gasteiger partial charge in [0.05, 0.1) is 10.2 Å². The molecule has 3 nitrogen and oxygen atoms in total. The Morgan fingerprint density at radius 2 is 1.64 bits per heavy atom.